The summed E-state index contributed by atoms with van der Waals surface area (Å²) < 4.78 is 8.23. The molecule has 0 saturated heterocycles. The lowest BCUT2D eigenvalue weighted by atomic mass is 10.1. The zero-order valence-corrected chi connectivity index (χ0v) is 12.8. The highest BCUT2D eigenvalue weighted by molar-refractivity contribution is 9.10. The highest BCUT2D eigenvalue weighted by atomic mass is 79.9. The summed E-state index contributed by atoms with van der Waals surface area (Å²) in [6, 6.07) is 5.88. The van der Waals surface area contributed by atoms with E-state index < -0.39 is 0 Å². The van der Waals surface area contributed by atoms with E-state index in [1.807, 2.05) is 36.7 Å². The maximum Gasteiger partial charge on any atom is 0.192 e. The van der Waals surface area contributed by atoms with Crippen LogP contribution in [0.1, 0.15) is 11.7 Å². The smallest absolute Gasteiger partial charge is 0.192 e. The number of oxazole rings is 1. The molecule has 0 unspecified atom stereocenters. The Labute approximate surface area is 124 Å². The topological polar surface area (TPSA) is 64.1 Å². The summed E-state index contributed by atoms with van der Waals surface area (Å²) >= 11 is 3.49. The van der Waals surface area contributed by atoms with Gasteiger partial charge < -0.3 is 14.1 Å². The Bertz CT molecular complexity index is 776. The molecule has 1 N–H and O–H groups in total. The van der Waals surface area contributed by atoms with Gasteiger partial charge in [0.1, 0.15) is 15.9 Å². The number of benzene rings is 1. The van der Waals surface area contributed by atoms with Crippen LogP contribution in [-0.2, 0) is 13.5 Å². The minimum atomic E-state index is 0.0816. The van der Waals surface area contributed by atoms with E-state index in [1.54, 1.807) is 0 Å². The molecule has 104 valence electrons. The van der Waals surface area contributed by atoms with Gasteiger partial charge in [-0.1, -0.05) is 0 Å². The van der Waals surface area contributed by atoms with Gasteiger partial charge in [0.25, 0.3) is 0 Å². The van der Waals surface area contributed by atoms with E-state index in [1.165, 1.54) is 0 Å². The fourth-order valence-electron chi connectivity index (χ4n) is 2.33. The summed E-state index contributed by atoms with van der Waals surface area (Å²) in [7, 11) is 1.94. The van der Waals surface area contributed by atoms with E-state index in [0.29, 0.717) is 12.3 Å². The predicted molar refractivity (Wildman–Crippen MR) is 79.4 cm³/mol. The number of imidazole rings is 1. The van der Waals surface area contributed by atoms with Crippen molar-refractivity contribution in [1.82, 2.24) is 14.5 Å². The second-order valence-corrected chi connectivity index (χ2v) is 5.37. The van der Waals surface area contributed by atoms with Crippen molar-refractivity contribution in [2.24, 2.45) is 7.05 Å². The number of aliphatic hydroxyl groups excluding tert-OH is 1. The van der Waals surface area contributed by atoms with Gasteiger partial charge in [-0.05, 0) is 34.1 Å². The fraction of sp³-hybridized carbons (Fsp3) is 0.286. The number of fused-ring (bicyclic) bond motifs is 1. The average Bonchev–Trinajstić information content (AvgIpc) is 2.89. The number of halogens is 1. The Morgan fingerprint density at radius 3 is 2.90 bits per heavy atom. The van der Waals surface area contributed by atoms with Gasteiger partial charge in [0.2, 0.25) is 0 Å². The van der Waals surface area contributed by atoms with E-state index >= 15 is 0 Å². The largest absolute Gasteiger partial charge is 0.441 e. The molecule has 0 saturated carbocycles. The van der Waals surface area contributed by atoms with Crippen LogP contribution in [0.5, 0.6) is 0 Å². The van der Waals surface area contributed by atoms with E-state index in [4.69, 9.17) is 9.52 Å². The van der Waals surface area contributed by atoms with Crippen LogP contribution >= 0.6 is 15.9 Å². The maximum atomic E-state index is 9.07. The van der Waals surface area contributed by atoms with Crippen molar-refractivity contribution in [3.8, 4) is 11.3 Å². The number of hydrogen-bond donors (Lipinski definition) is 1. The molecule has 1 aromatic carbocycles. The SMILES string of the molecule is Cc1nc2cc(-c3c(Br)nc(CCO)n3C)ccc2o1. The van der Waals surface area contributed by atoms with Crippen molar-refractivity contribution in [3.63, 3.8) is 0 Å². The molecule has 0 aliphatic carbocycles. The number of hydrogen-bond acceptors (Lipinski definition) is 4. The Morgan fingerprint density at radius 2 is 2.15 bits per heavy atom. The Kier molecular flexibility index (Phi) is 3.35. The van der Waals surface area contributed by atoms with Gasteiger partial charge in [-0.3, -0.25) is 0 Å². The van der Waals surface area contributed by atoms with Gasteiger partial charge in [0, 0.05) is 26.0 Å². The number of aryl methyl sites for hydroxylation is 1. The third-order valence-corrected chi connectivity index (χ3v) is 3.80. The first-order chi connectivity index (χ1) is 9.60. The number of aromatic nitrogens is 3. The molecule has 20 heavy (non-hydrogen) atoms. The van der Waals surface area contributed by atoms with Crippen LogP contribution in [0.4, 0.5) is 0 Å². The lowest BCUT2D eigenvalue weighted by Gasteiger charge is -2.05. The third-order valence-electron chi connectivity index (χ3n) is 3.25. The normalized spacial score (nSPS) is 11.4. The van der Waals surface area contributed by atoms with E-state index in [0.717, 1.165) is 32.8 Å². The van der Waals surface area contributed by atoms with Gasteiger partial charge in [0.05, 0.1) is 12.3 Å². The van der Waals surface area contributed by atoms with Crippen LogP contribution in [0.25, 0.3) is 22.4 Å². The highest BCUT2D eigenvalue weighted by Crippen LogP contribution is 2.31. The molecule has 0 spiro atoms. The summed E-state index contributed by atoms with van der Waals surface area (Å²) in [5.74, 6) is 1.49. The van der Waals surface area contributed by atoms with Gasteiger partial charge >= 0.3 is 0 Å². The molecule has 0 atom stereocenters. The zero-order chi connectivity index (χ0) is 14.3. The molecule has 3 aromatic rings. The molecule has 5 nitrogen and oxygen atoms in total. The lowest BCUT2D eigenvalue weighted by Crippen LogP contribution is -2.02. The zero-order valence-electron chi connectivity index (χ0n) is 11.2. The van der Waals surface area contributed by atoms with Crippen molar-refractivity contribution in [2.75, 3.05) is 6.61 Å². The van der Waals surface area contributed by atoms with Gasteiger partial charge in [-0.25, -0.2) is 9.97 Å². The molecule has 0 aliphatic heterocycles. The molecule has 2 heterocycles. The van der Waals surface area contributed by atoms with Crippen molar-refractivity contribution >= 4 is 27.0 Å². The molecule has 0 fully saturated rings. The first kappa shape index (κ1) is 13.3. The predicted octanol–water partition coefficient (Wildman–Crippen LogP) is 2.83. The van der Waals surface area contributed by atoms with E-state index in [9.17, 15) is 0 Å². The second kappa shape index (κ2) is 5.03. The minimum absolute atomic E-state index is 0.0816. The molecular formula is C14H14BrN3O2. The molecule has 0 bridgehead atoms. The summed E-state index contributed by atoms with van der Waals surface area (Å²) in [6.07, 6.45) is 0.528. The summed E-state index contributed by atoms with van der Waals surface area (Å²) in [4.78, 5) is 8.79. The van der Waals surface area contributed by atoms with Crippen LogP contribution in [0, 0.1) is 6.92 Å². The molecule has 0 aliphatic rings. The fourth-order valence-corrected chi connectivity index (χ4v) is 3.03. The van der Waals surface area contributed by atoms with Crippen molar-refractivity contribution in [1.29, 1.82) is 0 Å². The Morgan fingerprint density at radius 1 is 1.35 bits per heavy atom. The maximum absolute atomic E-state index is 9.07. The van der Waals surface area contributed by atoms with Gasteiger partial charge in [-0.15, -0.1) is 0 Å². The molecular weight excluding hydrogens is 322 g/mol. The van der Waals surface area contributed by atoms with Gasteiger partial charge in [0.15, 0.2) is 11.5 Å². The number of rotatable bonds is 3. The molecule has 6 heteroatoms. The number of nitrogens with zero attached hydrogens (tertiary/aromatic N) is 3. The van der Waals surface area contributed by atoms with Crippen LogP contribution in [0.3, 0.4) is 0 Å². The Balaban J connectivity index is 2.14. The first-order valence-corrected chi connectivity index (χ1v) is 7.09. The van der Waals surface area contributed by atoms with E-state index in [-0.39, 0.29) is 6.61 Å². The minimum Gasteiger partial charge on any atom is -0.441 e. The molecule has 2 aromatic heterocycles. The summed E-state index contributed by atoms with van der Waals surface area (Å²) in [6.45, 7) is 1.91. The summed E-state index contributed by atoms with van der Waals surface area (Å²) in [5, 5.41) is 9.07. The van der Waals surface area contributed by atoms with Crippen LogP contribution in [0.15, 0.2) is 27.2 Å². The Hall–Kier alpha value is -1.66. The van der Waals surface area contributed by atoms with E-state index in [2.05, 4.69) is 25.9 Å². The summed E-state index contributed by atoms with van der Waals surface area (Å²) in [5.41, 5.74) is 3.59. The number of aliphatic hydroxyl groups is 1. The highest BCUT2D eigenvalue weighted by Gasteiger charge is 2.15. The quantitative estimate of drug-likeness (QED) is 0.799. The van der Waals surface area contributed by atoms with Crippen LogP contribution in [0.2, 0.25) is 0 Å². The molecule has 0 radical (unpaired) electrons. The van der Waals surface area contributed by atoms with Crippen molar-refractivity contribution in [2.45, 2.75) is 13.3 Å². The average molecular weight is 336 g/mol. The third kappa shape index (κ3) is 2.14. The van der Waals surface area contributed by atoms with Crippen LogP contribution in [-0.4, -0.2) is 26.2 Å². The van der Waals surface area contributed by atoms with Crippen molar-refractivity contribution < 1.29 is 9.52 Å². The lowest BCUT2D eigenvalue weighted by molar-refractivity contribution is 0.295. The van der Waals surface area contributed by atoms with Gasteiger partial charge in [-0.2, -0.15) is 0 Å². The monoisotopic (exact) mass is 335 g/mol. The first-order valence-electron chi connectivity index (χ1n) is 6.29. The molecule has 3 rings (SSSR count). The molecule has 0 amide bonds. The van der Waals surface area contributed by atoms with Crippen LogP contribution < -0.4 is 0 Å². The van der Waals surface area contributed by atoms with Crippen molar-refractivity contribution in [3.05, 3.63) is 34.5 Å². The second-order valence-electron chi connectivity index (χ2n) is 4.62. The standard InChI is InChI=1S/C14H14BrN3O2/c1-8-16-10-7-9(3-4-11(10)20-8)13-14(15)17-12(5-6-19)18(13)2/h3-4,7,19H,5-6H2,1-2H3.